The SMILES string of the molecule is CC[C@@H]1C[C@]1(NC(=O)[C@@H]1C[C@@H](Oc2cc(-c3csc(NC(C)C)n3)nc3cc(OCCN4CCOCC4)ccc23)CN1C(=O)[C@@H](NC(=O)O[C@@H]1C[C@@H]2C[C@@H]2C1)C(C)(C)C)C(=O)O. The van der Waals surface area contributed by atoms with Gasteiger partial charge in [0.2, 0.25) is 11.8 Å². The first kappa shape index (κ1) is 43.9. The third kappa shape index (κ3) is 9.74. The number of amides is 3. The van der Waals surface area contributed by atoms with Crippen LogP contribution in [0.5, 0.6) is 11.5 Å². The lowest BCUT2D eigenvalue weighted by atomic mass is 9.85. The number of alkyl carbamates (subject to hydrolysis) is 1. The number of carbonyl (C=O) groups excluding carboxylic acids is 3. The number of anilines is 1. The van der Waals surface area contributed by atoms with Crippen molar-refractivity contribution >= 4 is 51.2 Å². The highest BCUT2D eigenvalue weighted by Crippen LogP contribution is 2.52. The molecule has 4 heterocycles. The zero-order valence-electron chi connectivity index (χ0n) is 36.6. The Morgan fingerprint density at radius 2 is 1.77 bits per heavy atom. The minimum atomic E-state index is -1.40. The average molecular weight is 876 g/mol. The Morgan fingerprint density at radius 1 is 1.02 bits per heavy atom. The molecule has 4 N–H and O–H groups in total. The first-order valence-corrected chi connectivity index (χ1v) is 23.1. The highest BCUT2D eigenvalue weighted by Gasteiger charge is 2.61. The van der Waals surface area contributed by atoms with Crippen LogP contribution in [0.3, 0.4) is 0 Å². The molecule has 0 unspecified atom stereocenters. The molecule has 8 atom stereocenters. The van der Waals surface area contributed by atoms with Gasteiger partial charge in [0.25, 0.3) is 0 Å². The lowest BCUT2D eigenvalue weighted by Gasteiger charge is -2.35. The third-order valence-corrected chi connectivity index (χ3v) is 13.8. The molecule has 2 aromatic heterocycles. The van der Waals surface area contributed by atoms with E-state index in [9.17, 15) is 24.3 Å². The molecule has 1 aromatic carbocycles. The Labute approximate surface area is 366 Å². The largest absolute Gasteiger partial charge is 0.492 e. The summed E-state index contributed by atoms with van der Waals surface area (Å²) in [5.41, 5.74) is -0.329. The summed E-state index contributed by atoms with van der Waals surface area (Å²) in [6, 6.07) is 5.54. The topological polar surface area (TPSA) is 194 Å². The summed E-state index contributed by atoms with van der Waals surface area (Å²) in [6.07, 6.45) is 2.27. The maximum Gasteiger partial charge on any atom is 0.408 e. The highest BCUT2D eigenvalue weighted by molar-refractivity contribution is 7.14. The Hall–Kier alpha value is -4.74. The van der Waals surface area contributed by atoms with E-state index in [-0.39, 0.29) is 31.0 Å². The fourth-order valence-corrected chi connectivity index (χ4v) is 10.2. The number of nitrogens with one attached hydrogen (secondary N) is 3. The minimum absolute atomic E-state index is 0.00450. The number of aliphatic carboxylic acids is 1. The number of likely N-dealkylation sites (tertiary alicyclic amines) is 1. The van der Waals surface area contributed by atoms with Crippen LogP contribution in [-0.2, 0) is 23.9 Å². The van der Waals surface area contributed by atoms with Gasteiger partial charge in [0.05, 0.1) is 31.0 Å². The van der Waals surface area contributed by atoms with Gasteiger partial charge in [0.15, 0.2) is 5.13 Å². The molecule has 3 aliphatic carbocycles. The molecule has 3 amide bonds. The minimum Gasteiger partial charge on any atom is -0.492 e. The zero-order valence-corrected chi connectivity index (χ0v) is 37.4. The molecule has 0 radical (unpaired) electrons. The molecule has 17 heteroatoms. The number of fused-ring (bicyclic) bond motifs is 2. The van der Waals surface area contributed by atoms with Gasteiger partial charge in [-0.25, -0.2) is 19.6 Å². The Bertz CT molecular complexity index is 2140. The van der Waals surface area contributed by atoms with Crippen LogP contribution in [0.15, 0.2) is 29.6 Å². The van der Waals surface area contributed by atoms with E-state index in [0.29, 0.717) is 78.3 Å². The highest BCUT2D eigenvalue weighted by atomic mass is 32.1. The van der Waals surface area contributed by atoms with E-state index in [0.717, 1.165) is 37.6 Å². The van der Waals surface area contributed by atoms with Gasteiger partial charge in [-0.1, -0.05) is 34.1 Å². The molecule has 2 aliphatic heterocycles. The van der Waals surface area contributed by atoms with E-state index in [4.69, 9.17) is 28.9 Å². The van der Waals surface area contributed by atoms with E-state index < -0.39 is 53.0 Å². The number of morpholine rings is 1. The van der Waals surface area contributed by atoms with Crippen LogP contribution in [0.2, 0.25) is 0 Å². The van der Waals surface area contributed by atoms with Crippen LogP contribution in [0.4, 0.5) is 9.93 Å². The van der Waals surface area contributed by atoms with Crippen molar-refractivity contribution in [3.63, 3.8) is 0 Å². The van der Waals surface area contributed by atoms with Gasteiger partial charge in [-0.2, -0.15) is 0 Å². The molecule has 8 rings (SSSR count). The number of rotatable bonds is 16. The first-order chi connectivity index (χ1) is 29.6. The number of benzene rings is 1. The number of nitrogens with zero attached hydrogens (tertiary/aromatic N) is 4. The van der Waals surface area contributed by atoms with Crippen LogP contribution in [-0.4, -0.2) is 131 Å². The predicted molar refractivity (Wildman–Crippen MR) is 233 cm³/mol. The summed E-state index contributed by atoms with van der Waals surface area (Å²) < 4.78 is 24.3. The van der Waals surface area contributed by atoms with Gasteiger partial charge in [0, 0.05) is 55.0 Å². The van der Waals surface area contributed by atoms with Crippen molar-refractivity contribution in [3.8, 4) is 22.9 Å². The van der Waals surface area contributed by atoms with Crippen molar-refractivity contribution in [2.24, 2.45) is 23.2 Å². The van der Waals surface area contributed by atoms with Crippen molar-refractivity contribution in [1.29, 1.82) is 0 Å². The lowest BCUT2D eigenvalue weighted by molar-refractivity contribution is -0.146. The Kier molecular flexibility index (Phi) is 12.6. The standard InChI is InChI=1S/C45H61N7O9S/c1-7-28-22-45(28,41(55)56)50-39(53)36-20-31(23-52(36)40(54)38(44(4,5)6)49-43(57)61-30-17-26-16-27(26)18-30)60-37-21-34(35-24-62-42(48-35)46-25(2)3)47-33-19-29(8-9-32(33)37)59-15-12-51-10-13-58-14-11-51/h8-9,19,21,24-28,30-31,36,38H,7,10-18,20,22-23H2,1-6H3,(H,46,48)(H,49,57)(H,50,53)(H,55,56)/t26-,27+,28-,30+,31-,36+,38-,45-/m1/s1. The predicted octanol–water partition coefficient (Wildman–Crippen LogP) is 5.55. The summed E-state index contributed by atoms with van der Waals surface area (Å²) in [6.45, 7) is 15.9. The van der Waals surface area contributed by atoms with Gasteiger partial charge in [-0.3, -0.25) is 14.5 Å². The van der Waals surface area contributed by atoms with Crippen molar-refractivity contribution in [2.45, 2.75) is 116 Å². The van der Waals surface area contributed by atoms with Gasteiger partial charge in [-0.15, -0.1) is 11.3 Å². The summed E-state index contributed by atoms with van der Waals surface area (Å²) in [5.74, 6) is -0.0277. The molecular formula is C45H61N7O9S. The molecule has 62 heavy (non-hydrogen) atoms. The fourth-order valence-electron chi connectivity index (χ4n) is 9.34. The van der Waals surface area contributed by atoms with Gasteiger partial charge in [-0.05, 0) is 74.8 Å². The second-order valence-corrected chi connectivity index (χ2v) is 19.9. The molecule has 5 fully saturated rings. The normalized spacial score (nSPS) is 27.4. The van der Waals surface area contributed by atoms with Crippen LogP contribution in [0, 0.1) is 23.2 Å². The molecule has 0 bridgehead atoms. The summed E-state index contributed by atoms with van der Waals surface area (Å²) in [4.78, 5) is 68.5. The van der Waals surface area contributed by atoms with Crippen molar-refractivity contribution in [1.82, 2.24) is 30.4 Å². The lowest BCUT2D eigenvalue weighted by Crippen LogP contribution is -2.59. The molecule has 0 spiro atoms. The van der Waals surface area contributed by atoms with Crippen molar-refractivity contribution in [3.05, 3.63) is 29.6 Å². The summed E-state index contributed by atoms with van der Waals surface area (Å²) in [5, 5.41) is 22.6. The molecule has 3 saturated carbocycles. The number of carboxylic acid groups (broad SMARTS) is 1. The number of hydrogen-bond donors (Lipinski definition) is 4. The second-order valence-electron chi connectivity index (χ2n) is 19.1. The number of pyridine rings is 1. The summed E-state index contributed by atoms with van der Waals surface area (Å²) in [7, 11) is 0. The smallest absolute Gasteiger partial charge is 0.408 e. The fraction of sp³-hybridized carbons (Fsp3) is 0.644. The van der Waals surface area contributed by atoms with E-state index in [1.54, 1.807) is 0 Å². The first-order valence-electron chi connectivity index (χ1n) is 22.2. The maximum absolute atomic E-state index is 14.8. The maximum atomic E-state index is 14.8. The molecule has 336 valence electrons. The Balaban J connectivity index is 1.07. The van der Waals surface area contributed by atoms with Crippen molar-refractivity contribution in [2.75, 3.05) is 51.3 Å². The van der Waals surface area contributed by atoms with Crippen LogP contribution in [0.1, 0.15) is 80.1 Å². The van der Waals surface area contributed by atoms with Crippen LogP contribution in [0.25, 0.3) is 22.3 Å². The molecule has 16 nitrogen and oxygen atoms in total. The zero-order chi connectivity index (χ0) is 43.9. The number of aromatic nitrogens is 2. The number of hydrogen-bond acceptors (Lipinski definition) is 13. The van der Waals surface area contributed by atoms with Gasteiger partial charge >= 0.3 is 12.1 Å². The van der Waals surface area contributed by atoms with Gasteiger partial charge < -0.3 is 44.9 Å². The Morgan fingerprint density at radius 3 is 2.45 bits per heavy atom. The molecule has 2 saturated heterocycles. The van der Waals surface area contributed by atoms with Gasteiger partial charge in [0.1, 0.15) is 53.6 Å². The second kappa shape index (κ2) is 17.8. The van der Waals surface area contributed by atoms with E-state index >= 15 is 0 Å². The van der Waals surface area contributed by atoms with E-state index in [2.05, 4.69) is 20.9 Å². The number of ether oxygens (including phenoxy) is 4. The summed E-state index contributed by atoms with van der Waals surface area (Å²) >= 11 is 1.47. The molecular weight excluding hydrogens is 815 g/mol. The third-order valence-electron chi connectivity index (χ3n) is 13.0. The quantitative estimate of drug-likeness (QED) is 0.140. The molecule has 3 aromatic rings. The van der Waals surface area contributed by atoms with E-state index in [1.165, 1.54) is 22.7 Å². The van der Waals surface area contributed by atoms with Crippen molar-refractivity contribution < 1.29 is 43.2 Å². The number of carbonyl (C=O) groups is 4. The monoisotopic (exact) mass is 875 g/mol. The number of carboxylic acids is 1. The average Bonchev–Trinajstić information content (AvgIpc) is 3.89. The van der Waals surface area contributed by atoms with E-state index in [1.807, 2.05) is 71.2 Å². The number of thiazole rings is 1. The van der Waals surface area contributed by atoms with Crippen LogP contribution < -0.4 is 25.4 Å². The molecule has 5 aliphatic rings. The van der Waals surface area contributed by atoms with Crippen LogP contribution >= 0.6 is 11.3 Å².